The molecule has 0 radical (unpaired) electrons. The van der Waals surface area contributed by atoms with Gasteiger partial charge >= 0.3 is 0 Å². The summed E-state index contributed by atoms with van der Waals surface area (Å²) in [6.45, 7) is 4.46. The molecule has 3 nitrogen and oxygen atoms in total. The van der Waals surface area contributed by atoms with Crippen LogP contribution in [-0.4, -0.2) is 37.0 Å². The SMILES string of the molecule is O=C(C1CCC1)N1CCC(C2CCNCC2)CC1. The second kappa shape index (κ2) is 5.60. The summed E-state index contributed by atoms with van der Waals surface area (Å²) >= 11 is 0. The molecule has 3 heteroatoms. The van der Waals surface area contributed by atoms with Crippen molar-refractivity contribution in [2.24, 2.45) is 17.8 Å². The molecule has 0 aromatic rings. The van der Waals surface area contributed by atoms with Crippen molar-refractivity contribution < 1.29 is 4.79 Å². The van der Waals surface area contributed by atoms with Gasteiger partial charge in [-0.1, -0.05) is 6.42 Å². The second-order valence-corrected chi connectivity index (χ2v) is 6.38. The fourth-order valence-corrected chi connectivity index (χ4v) is 3.82. The quantitative estimate of drug-likeness (QED) is 0.813. The minimum Gasteiger partial charge on any atom is -0.342 e. The molecule has 0 spiro atoms. The highest BCUT2D eigenvalue weighted by Gasteiger charge is 2.33. The third kappa shape index (κ3) is 2.56. The lowest BCUT2D eigenvalue weighted by Gasteiger charge is -2.40. The Balaban J connectivity index is 1.46. The molecule has 1 amide bonds. The molecule has 2 heterocycles. The lowest BCUT2D eigenvalue weighted by atomic mass is 9.78. The fraction of sp³-hybridized carbons (Fsp3) is 0.933. The van der Waals surface area contributed by atoms with Gasteiger partial charge in [0.15, 0.2) is 0 Å². The maximum atomic E-state index is 12.2. The predicted molar refractivity (Wildman–Crippen MR) is 72.2 cm³/mol. The van der Waals surface area contributed by atoms with Crippen molar-refractivity contribution in [3.05, 3.63) is 0 Å². The third-order valence-electron chi connectivity index (χ3n) is 5.36. The number of rotatable bonds is 2. The van der Waals surface area contributed by atoms with Gasteiger partial charge in [-0.15, -0.1) is 0 Å². The van der Waals surface area contributed by atoms with Gasteiger partial charge in [0.25, 0.3) is 0 Å². The smallest absolute Gasteiger partial charge is 0.225 e. The molecule has 1 aliphatic carbocycles. The van der Waals surface area contributed by atoms with E-state index in [1.807, 2.05) is 0 Å². The van der Waals surface area contributed by atoms with Crippen LogP contribution < -0.4 is 5.32 Å². The molecule has 18 heavy (non-hydrogen) atoms. The summed E-state index contributed by atoms with van der Waals surface area (Å²) in [7, 11) is 0. The molecule has 0 aromatic heterocycles. The molecular formula is C15H26N2O. The standard InChI is InChI=1S/C15H26N2O/c18-15(14-2-1-3-14)17-10-6-13(7-11-17)12-4-8-16-9-5-12/h12-14,16H,1-11H2. The van der Waals surface area contributed by atoms with Crippen molar-refractivity contribution in [3.63, 3.8) is 0 Å². The minimum atomic E-state index is 0.389. The Morgan fingerprint density at radius 1 is 0.889 bits per heavy atom. The number of nitrogens with one attached hydrogen (secondary N) is 1. The number of amides is 1. The topological polar surface area (TPSA) is 32.3 Å². The van der Waals surface area contributed by atoms with E-state index in [-0.39, 0.29) is 0 Å². The van der Waals surface area contributed by atoms with Gasteiger partial charge in [-0.05, 0) is 63.5 Å². The Hall–Kier alpha value is -0.570. The van der Waals surface area contributed by atoms with Crippen LogP contribution in [0, 0.1) is 17.8 Å². The average molecular weight is 250 g/mol. The van der Waals surface area contributed by atoms with Crippen molar-refractivity contribution in [1.29, 1.82) is 0 Å². The molecule has 2 saturated heterocycles. The van der Waals surface area contributed by atoms with E-state index < -0.39 is 0 Å². The monoisotopic (exact) mass is 250 g/mol. The van der Waals surface area contributed by atoms with E-state index in [4.69, 9.17) is 0 Å². The average Bonchev–Trinajstić information content (AvgIpc) is 2.38. The van der Waals surface area contributed by atoms with Gasteiger partial charge in [-0.3, -0.25) is 4.79 Å². The summed E-state index contributed by atoms with van der Waals surface area (Å²) in [4.78, 5) is 14.3. The number of hydrogen-bond donors (Lipinski definition) is 1. The number of likely N-dealkylation sites (tertiary alicyclic amines) is 1. The first-order valence-corrected chi connectivity index (χ1v) is 7.84. The van der Waals surface area contributed by atoms with Gasteiger partial charge in [-0.25, -0.2) is 0 Å². The largest absolute Gasteiger partial charge is 0.342 e. The molecule has 3 aliphatic rings. The number of carbonyl (C=O) groups excluding carboxylic acids is 1. The van der Waals surface area contributed by atoms with Gasteiger partial charge in [0.2, 0.25) is 5.91 Å². The van der Waals surface area contributed by atoms with Gasteiger partial charge in [0.1, 0.15) is 0 Å². The number of nitrogens with zero attached hydrogens (tertiary/aromatic N) is 1. The van der Waals surface area contributed by atoms with Crippen molar-refractivity contribution in [1.82, 2.24) is 10.2 Å². The molecule has 102 valence electrons. The van der Waals surface area contributed by atoms with Crippen molar-refractivity contribution >= 4 is 5.91 Å². The van der Waals surface area contributed by atoms with E-state index in [0.717, 1.165) is 37.8 Å². The van der Waals surface area contributed by atoms with E-state index in [9.17, 15) is 4.79 Å². The summed E-state index contributed by atoms with van der Waals surface area (Å²) in [6.07, 6.45) is 8.76. The highest BCUT2D eigenvalue weighted by Crippen LogP contribution is 2.33. The highest BCUT2D eigenvalue weighted by atomic mass is 16.2. The fourth-order valence-electron chi connectivity index (χ4n) is 3.82. The molecule has 3 rings (SSSR count). The van der Waals surface area contributed by atoms with E-state index in [1.165, 1.54) is 45.2 Å². The van der Waals surface area contributed by atoms with E-state index >= 15 is 0 Å². The van der Waals surface area contributed by atoms with Crippen LogP contribution in [-0.2, 0) is 4.79 Å². The first-order valence-electron chi connectivity index (χ1n) is 7.84. The normalized spacial score (nSPS) is 28.1. The van der Waals surface area contributed by atoms with Crippen molar-refractivity contribution in [2.45, 2.75) is 44.9 Å². The Morgan fingerprint density at radius 2 is 1.50 bits per heavy atom. The van der Waals surface area contributed by atoms with E-state index in [0.29, 0.717) is 11.8 Å². The minimum absolute atomic E-state index is 0.389. The zero-order chi connectivity index (χ0) is 12.4. The lowest BCUT2D eigenvalue weighted by molar-refractivity contribution is -0.139. The lowest BCUT2D eigenvalue weighted by Crippen LogP contribution is -2.45. The molecule has 2 aliphatic heterocycles. The third-order valence-corrected chi connectivity index (χ3v) is 5.36. The molecule has 1 saturated carbocycles. The first-order chi connectivity index (χ1) is 8.84. The van der Waals surface area contributed by atoms with Crippen LogP contribution in [0.3, 0.4) is 0 Å². The van der Waals surface area contributed by atoms with Crippen LogP contribution in [0.15, 0.2) is 0 Å². The van der Waals surface area contributed by atoms with Crippen LogP contribution in [0.25, 0.3) is 0 Å². The second-order valence-electron chi connectivity index (χ2n) is 6.38. The van der Waals surface area contributed by atoms with Gasteiger partial charge in [-0.2, -0.15) is 0 Å². The summed E-state index contributed by atoms with van der Waals surface area (Å²) in [5, 5.41) is 3.45. The number of piperidine rings is 2. The van der Waals surface area contributed by atoms with Crippen LogP contribution in [0.4, 0.5) is 0 Å². The molecule has 0 aromatic carbocycles. The Labute approximate surface area is 110 Å². The van der Waals surface area contributed by atoms with Crippen LogP contribution in [0.2, 0.25) is 0 Å². The summed E-state index contributed by atoms with van der Waals surface area (Å²) in [5.74, 6) is 2.66. The number of carbonyl (C=O) groups is 1. The summed E-state index contributed by atoms with van der Waals surface area (Å²) in [5.41, 5.74) is 0. The van der Waals surface area contributed by atoms with Crippen LogP contribution in [0.1, 0.15) is 44.9 Å². The van der Waals surface area contributed by atoms with Crippen molar-refractivity contribution in [3.8, 4) is 0 Å². The summed E-state index contributed by atoms with van der Waals surface area (Å²) < 4.78 is 0. The van der Waals surface area contributed by atoms with E-state index in [2.05, 4.69) is 10.2 Å². The Bertz CT molecular complexity index is 287. The molecule has 0 atom stereocenters. The van der Waals surface area contributed by atoms with Crippen molar-refractivity contribution in [2.75, 3.05) is 26.2 Å². The maximum Gasteiger partial charge on any atom is 0.225 e. The number of hydrogen-bond acceptors (Lipinski definition) is 2. The van der Waals surface area contributed by atoms with Crippen LogP contribution in [0.5, 0.6) is 0 Å². The molecule has 1 N–H and O–H groups in total. The molecule has 3 fully saturated rings. The van der Waals surface area contributed by atoms with Gasteiger partial charge in [0, 0.05) is 19.0 Å². The first kappa shape index (κ1) is 12.5. The molecular weight excluding hydrogens is 224 g/mol. The van der Waals surface area contributed by atoms with Gasteiger partial charge < -0.3 is 10.2 Å². The predicted octanol–water partition coefficient (Wildman–Crippen LogP) is 2.02. The zero-order valence-corrected chi connectivity index (χ0v) is 11.4. The van der Waals surface area contributed by atoms with Crippen LogP contribution >= 0.6 is 0 Å². The van der Waals surface area contributed by atoms with E-state index in [1.54, 1.807) is 0 Å². The highest BCUT2D eigenvalue weighted by molar-refractivity contribution is 5.79. The Morgan fingerprint density at radius 3 is 2.06 bits per heavy atom. The Kier molecular flexibility index (Phi) is 3.88. The maximum absolute atomic E-state index is 12.2. The zero-order valence-electron chi connectivity index (χ0n) is 11.4. The molecule has 0 unspecified atom stereocenters. The summed E-state index contributed by atoms with van der Waals surface area (Å²) in [6, 6.07) is 0. The molecule has 0 bridgehead atoms. The van der Waals surface area contributed by atoms with Gasteiger partial charge in [0.05, 0.1) is 0 Å².